The van der Waals surface area contributed by atoms with Crippen molar-refractivity contribution >= 4 is 45.5 Å². The molecule has 4 amide bonds. The molecule has 3 rings (SSSR count). The first kappa shape index (κ1) is 20.6. The smallest absolute Gasteiger partial charge is 0.335 e. The van der Waals surface area contributed by atoms with Gasteiger partial charge in [-0.2, -0.15) is 0 Å². The first-order chi connectivity index (χ1) is 13.7. The van der Waals surface area contributed by atoms with Crippen LogP contribution in [0.25, 0.3) is 6.08 Å². The van der Waals surface area contributed by atoms with Crippen LogP contribution in [0, 0.1) is 13.8 Å². The Bertz CT molecular complexity index is 1060. The number of carbonyl (C=O) groups is 3. The van der Waals surface area contributed by atoms with Crippen LogP contribution in [0.15, 0.2) is 40.4 Å². The van der Waals surface area contributed by atoms with Crippen LogP contribution < -0.4 is 15.0 Å². The summed E-state index contributed by atoms with van der Waals surface area (Å²) in [6.07, 6.45) is 1.35. The first-order valence-corrected chi connectivity index (χ1v) is 9.66. The molecule has 2 aromatic rings. The minimum atomic E-state index is -0.805. The fraction of sp³-hybridized carbons (Fsp3) is 0.190. The van der Waals surface area contributed by atoms with Crippen LogP contribution in [0.2, 0.25) is 0 Å². The number of hydrogen-bond acceptors (Lipinski definition) is 5. The molecule has 0 aromatic heterocycles. The Hall–Kier alpha value is -3.13. The summed E-state index contributed by atoms with van der Waals surface area (Å²) >= 11 is 3.30. The molecule has 0 atom stereocenters. The standard InChI is InChI=1S/C21H19BrN2O5/c1-4-29-18-9-13(16(22)10-17(18)25)8-15-19(26)23-21(28)24(20(15)27)14-6-5-11(2)12(3)7-14/h5-10,25H,4H2,1-3H3,(H,23,26,28)/b15-8+. The lowest BCUT2D eigenvalue weighted by molar-refractivity contribution is -0.122. The fourth-order valence-corrected chi connectivity index (χ4v) is 3.30. The molecule has 1 aliphatic rings. The largest absolute Gasteiger partial charge is 0.504 e. The van der Waals surface area contributed by atoms with Crippen molar-refractivity contribution in [3.8, 4) is 11.5 Å². The number of rotatable bonds is 4. The molecule has 2 N–H and O–H groups in total. The molecule has 0 saturated carbocycles. The Balaban J connectivity index is 2.06. The molecule has 0 unspecified atom stereocenters. The third-order valence-corrected chi connectivity index (χ3v) is 5.22. The van der Waals surface area contributed by atoms with Crippen molar-refractivity contribution in [2.24, 2.45) is 0 Å². The number of hydrogen-bond donors (Lipinski definition) is 2. The van der Waals surface area contributed by atoms with Gasteiger partial charge in [-0.1, -0.05) is 22.0 Å². The Morgan fingerprint density at radius 3 is 2.52 bits per heavy atom. The van der Waals surface area contributed by atoms with E-state index in [9.17, 15) is 19.5 Å². The van der Waals surface area contributed by atoms with E-state index in [1.807, 2.05) is 13.8 Å². The number of amides is 4. The van der Waals surface area contributed by atoms with Gasteiger partial charge < -0.3 is 9.84 Å². The molecule has 1 heterocycles. The number of aryl methyl sites for hydroxylation is 2. The van der Waals surface area contributed by atoms with E-state index in [0.717, 1.165) is 16.0 Å². The highest BCUT2D eigenvalue weighted by molar-refractivity contribution is 9.10. The predicted octanol–water partition coefficient (Wildman–Crippen LogP) is 3.84. The number of phenolic OH excluding ortho intramolecular Hbond substituents is 1. The molecule has 29 heavy (non-hydrogen) atoms. The molecule has 150 valence electrons. The van der Waals surface area contributed by atoms with Crippen LogP contribution in [-0.4, -0.2) is 29.6 Å². The second-order valence-corrected chi connectivity index (χ2v) is 7.36. The summed E-state index contributed by atoms with van der Waals surface area (Å²) in [5.41, 5.74) is 2.53. The maximum Gasteiger partial charge on any atom is 0.335 e. The van der Waals surface area contributed by atoms with Crippen LogP contribution in [0.1, 0.15) is 23.6 Å². The van der Waals surface area contributed by atoms with Crippen molar-refractivity contribution in [3.63, 3.8) is 0 Å². The van der Waals surface area contributed by atoms with Gasteiger partial charge in [0.25, 0.3) is 11.8 Å². The molecular weight excluding hydrogens is 440 g/mol. The summed E-state index contributed by atoms with van der Waals surface area (Å²) < 4.78 is 5.82. The molecule has 0 radical (unpaired) electrons. The summed E-state index contributed by atoms with van der Waals surface area (Å²) in [7, 11) is 0. The topological polar surface area (TPSA) is 95.9 Å². The van der Waals surface area contributed by atoms with Crippen molar-refractivity contribution < 1.29 is 24.2 Å². The Labute approximate surface area is 176 Å². The van der Waals surface area contributed by atoms with Crippen molar-refractivity contribution in [1.29, 1.82) is 0 Å². The third-order valence-electron chi connectivity index (χ3n) is 4.53. The van der Waals surface area contributed by atoms with E-state index in [1.54, 1.807) is 25.1 Å². The molecule has 8 heteroatoms. The number of nitrogens with zero attached hydrogens (tertiary/aromatic N) is 1. The minimum Gasteiger partial charge on any atom is -0.504 e. The van der Waals surface area contributed by atoms with Gasteiger partial charge in [-0.25, -0.2) is 9.69 Å². The van der Waals surface area contributed by atoms with Gasteiger partial charge in [0.2, 0.25) is 0 Å². The quantitative estimate of drug-likeness (QED) is 0.535. The first-order valence-electron chi connectivity index (χ1n) is 8.87. The highest BCUT2D eigenvalue weighted by atomic mass is 79.9. The minimum absolute atomic E-state index is 0.0766. The van der Waals surface area contributed by atoms with Crippen LogP contribution in [0.4, 0.5) is 10.5 Å². The summed E-state index contributed by atoms with van der Waals surface area (Å²) in [6, 6.07) is 7.28. The lowest BCUT2D eigenvalue weighted by Gasteiger charge is -2.27. The van der Waals surface area contributed by atoms with Crippen LogP contribution >= 0.6 is 15.9 Å². The number of carbonyl (C=O) groups excluding carboxylic acids is 3. The SMILES string of the molecule is CCOc1cc(/C=C2\C(=O)NC(=O)N(c3ccc(C)c(C)c3)C2=O)c(Br)cc1O. The molecule has 1 aliphatic heterocycles. The summed E-state index contributed by atoms with van der Waals surface area (Å²) in [4.78, 5) is 38.7. The van der Waals surface area contributed by atoms with Gasteiger partial charge in [0.1, 0.15) is 5.57 Å². The van der Waals surface area contributed by atoms with Crippen LogP contribution in [-0.2, 0) is 9.59 Å². The Kier molecular flexibility index (Phi) is 5.74. The van der Waals surface area contributed by atoms with Gasteiger partial charge in [-0.15, -0.1) is 0 Å². The van der Waals surface area contributed by atoms with Gasteiger partial charge >= 0.3 is 6.03 Å². The van der Waals surface area contributed by atoms with E-state index in [1.165, 1.54) is 18.2 Å². The number of phenols is 1. The van der Waals surface area contributed by atoms with E-state index in [2.05, 4.69) is 21.2 Å². The average molecular weight is 459 g/mol. The van der Waals surface area contributed by atoms with E-state index in [4.69, 9.17) is 4.74 Å². The van der Waals surface area contributed by atoms with E-state index in [0.29, 0.717) is 22.3 Å². The molecule has 2 aromatic carbocycles. The van der Waals surface area contributed by atoms with Gasteiger partial charge in [0, 0.05) is 4.47 Å². The maximum absolute atomic E-state index is 13.0. The second kappa shape index (κ2) is 8.08. The molecule has 7 nitrogen and oxygen atoms in total. The number of aromatic hydroxyl groups is 1. The number of anilines is 1. The molecular formula is C21H19BrN2O5. The number of benzene rings is 2. The Morgan fingerprint density at radius 1 is 1.14 bits per heavy atom. The average Bonchev–Trinajstić information content (AvgIpc) is 2.65. The lowest BCUT2D eigenvalue weighted by Crippen LogP contribution is -2.54. The highest BCUT2D eigenvalue weighted by Crippen LogP contribution is 2.34. The number of imide groups is 2. The van der Waals surface area contributed by atoms with Crippen molar-refractivity contribution in [1.82, 2.24) is 5.32 Å². The van der Waals surface area contributed by atoms with Gasteiger partial charge in [-0.05, 0) is 67.8 Å². The molecule has 1 saturated heterocycles. The summed E-state index contributed by atoms with van der Waals surface area (Å²) in [6.45, 7) is 5.89. The van der Waals surface area contributed by atoms with E-state index >= 15 is 0 Å². The number of halogens is 1. The van der Waals surface area contributed by atoms with Gasteiger partial charge in [-0.3, -0.25) is 14.9 Å². The monoisotopic (exact) mass is 458 g/mol. The van der Waals surface area contributed by atoms with E-state index in [-0.39, 0.29) is 17.1 Å². The second-order valence-electron chi connectivity index (χ2n) is 6.50. The van der Waals surface area contributed by atoms with Crippen LogP contribution in [0.5, 0.6) is 11.5 Å². The van der Waals surface area contributed by atoms with Crippen LogP contribution in [0.3, 0.4) is 0 Å². The van der Waals surface area contributed by atoms with E-state index < -0.39 is 17.8 Å². The zero-order valence-electron chi connectivity index (χ0n) is 16.1. The maximum atomic E-state index is 13.0. The molecule has 0 bridgehead atoms. The highest BCUT2D eigenvalue weighted by Gasteiger charge is 2.37. The summed E-state index contributed by atoms with van der Waals surface area (Å²) in [5.74, 6) is -1.39. The predicted molar refractivity (Wildman–Crippen MR) is 112 cm³/mol. The number of nitrogens with one attached hydrogen (secondary N) is 1. The zero-order valence-corrected chi connectivity index (χ0v) is 17.7. The van der Waals surface area contributed by atoms with Crippen molar-refractivity contribution in [2.75, 3.05) is 11.5 Å². The molecule has 0 spiro atoms. The number of urea groups is 1. The zero-order chi connectivity index (χ0) is 21.3. The van der Waals surface area contributed by atoms with Crippen molar-refractivity contribution in [2.45, 2.75) is 20.8 Å². The fourth-order valence-electron chi connectivity index (χ4n) is 2.85. The number of ether oxygens (including phenoxy) is 1. The van der Waals surface area contributed by atoms with Gasteiger partial charge in [0.05, 0.1) is 12.3 Å². The third kappa shape index (κ3) is 4.02. The molecule has 0 aliphatic carbocycles. The van der Waals surface area contributed by atoms with Crippen molar-refractivity contribution in [3.05, 3.63) is 57.1 Å². The molecule has 1 fully saturated rings. The normalized spacial score (nSPS) is 15.7. The van der Waals surface area contributed by atoms with Gasteiger partial charge in [0.15, 0.2) is 11.5 Å². The lowest BCUT2D eigenvalue weighted by atomic mass is 10.0. The Morgan fingerprint density at radius 2 is 1.86 bits per heavy atom. The number of barbiturate groups is 1. The summed E-state index contributed by atoms with van der Waals surface area (Å²) in [5, 5.41) is 12.2.